The molecule has 0 saturated carbocycles. The van der Waals surface area contributed by atoms with Crippen molar-refractivity contribution in [2.45, 2.75) is 51.4 Å². The number of hydrogen-bond acceptors (Lipinski definition) is 5. The summed E-state index contributed by atoms with van der Waals surface area (Å²) in [7, 11) is 0. The summed E-state index contributed by atoms with van der Waals surface area (Å²) in [5.41, 5.74) is 1.43. The van der Waals surface area contributed by atoms with Crippen LogP contribution in [0.2, 0.25) is 0 Å². The van der Waals surface area contributed by atoms with Crippen LogP contribution in [-0.4, -0.2) is 53.5 Å². The minimum absolute atomic E-state index is 0.138. The molecule has 2 N–H and O–H groups in total. The average Bonchev–Trinajstić information content (AvgIpc) is 2.67. The number of aliphatic hydroxyl groups excluding tert-OH is 1. The number of nitrogens with zero attached hydrogens (tertiary/aromatic N) is 1. The highest BCUT2D eigenvalue weighted by molar-refractivity contribution is 14.1. The Bertz CT molecular complexity index is 800. The van der Waals surface area contributed by atoms with E-state index in [0.717, 1.165) is 24.2 Å². The fourth-order valence-corrected chi connectivity index (χ4v) is 3.92. The number of ether oxygens (including phenoxy) is 2. The van der Waals surface area contributed by atoms with Gasteiger partial charge in [-0.2, -0.15) is 0 Å². The van der Waals surface area contributed by atoms with E-state index in [1.165, 1.54) is 9.13 Å². The van der Waals surface area contributed by atoms with E-state index in [4.69, 9.17) is 9.47 Å². The molecule has 29 heavy (non-hydrogen) atoms. The maximum atomic E-state index is 12.8. The lowest BCUT2D eigenvalue weighted by Gasteiger charge is -2.34. The first kappa shape index (κ1) is 22.0. The number of carbonyl (C=O) groups is 1. The number of aliphatic hydroxyl groups is 1. The van der Waals surface area contributed by atoms with Crippen molar-refractivity contribution >= 4 is 28.7 Å². The van der Waals surface area contributed by atoms with Gasteiger partial charge in [0.05, 0.1) is 19.2 Å². The number of allylic oxidation sites excluding steroid dienone is 2. The number of amides is 1. The third-order valence-corrected chi connectivity index (χ3v) is 5.45. The van der Waals surface area contributed by atoms with Crippen molar-refractivity contribution in [2.24, 2.45) is 0 Å². The molecule has 0 saturated heterocycles. The largest absolute Gasteiger partial charge is 0.488 e. The molecule has 0 unspecified atom stereocenters. The van der Waals surface area contributed by atoms with Gasteiger partial charge in [-0.05, 0) is 97.8 Å². The monoisotopic (exact) mass is 512 g/mol. The van der Waals surface area contributed by atoms with Crippen molar-refractivity contribution < 1.29 is 19.4 Å². The van der Waals surface area contributed by atoms with Gasteiger partial charge in [-0.1, -0.05) is 6.08 Å². The molecule has 2 aliphatic heterocycles. The predicted molar refractivity (Wildman–Crippen MR) is 121 cm³/mol. The second-order valence-electron chi connectivity index (χ2n) is 8.41. The van der Waals surface area contributed by atoms with Crippen molar-refractivity contribution in [1.82, 2.24) is 10.2 Å². The van der Waals surface area contributed by atoms with E-state index in [-0.39, 0.29) is 12.6 Å². The van der Waals surface area contributed by atoms with Crippen LogP contribution in [-0.2, 0) is 11.2 Å². The Balaban J connectivity index is 1.70. The Morgan fingerprint density at radius 1 is 1.45 bits per heavy atom. The fraction of sp³-hybridized carbons (Fsp3) is 0.500. The first-order valence-electron chi connectivity index (χ1n) is 9.91. The first-order valence-corrected chi connectivity index (χ1v) is 11.0. The molecule has 3 rings (SSSR count). The summed E-state index contributed by atoms with van der Waals surface area (Å²) in [5, 5.41) is 13.8. The van der Waals surface area contributed by atoms with Gasteiger partial charge in [-0.25, -0.2) is 4.79 Å². The summed E-state index contributed by atoms with van der Waals surface area (Å²) in [6.45, 7) is 6.61. The summed E-state index contributed by atoms with van der Waals surface area (Å²) in [6.07, 6.45) is 5.94. The van der Waals surface area contributed by atoms with E-state index >= 15 is 0 Å². The van der Waals surface area contributed by atoms with Crippen LogP contribution < -0.4 is 10.1 Å². The van der Waals surface area contributed by atoms with E-state index in [1.54, 1.807) is 4.90 Å². The number of nitrogens with one attached hydrogen (secondary N) is 1. The van der Waals surface area contributed by atoms with Gasteiger partial charge in [0.1, 0.15) is 17.5 Å². The number of dihydropyridines is 1. The van der Waals surface area contributed by atoms with Crippen LogP contribution in [0.1, 0.15) is 32.8 Å². The van der Waals surface area contributed by atoms with Crippen molar-refractivity contribution in [2.75, 3.05) is 19.6 Å². The van der Waals surface area contributed by atoms with Crippen LogP contribution in [0.3, 0.4) is 0 Å². The van der Waals surface area contributed by atoms with Crippen LogP contribution in [0.4, 0.5) is 4.79 Å². The summed E-state index contributed by atoms with van der Waals surface area (Å²) >= 11 is 2.30. The quantitative estimate of drug-likeness (QED) is 0.590. The molecule has 2 heterocycles. The average molecular weight is 512 g/mol. The highest BCUT2D eigenvalue weighted by Crippen LogP contribution is 2.29. The third kappa shape index (κ3) is 6.37. The van der Waals surface area contributed by atoms with E-state index < -0.39 is 17.8 Å². The van der Waals surface area contributed by atoms with E-state index in [2.05, 4.69) is 34.0 Å². The molecule has 158 valence electrons. The summed E-state index contributed by atoms with van der Waals surface area (Å²) in [6, 6.07) is 6.14. The molecule has 0 bridgehead atoms. The molecule has 2 aliphatic rings. The lowest BCUT2D eigenvalue weighted by atomic mass is 10.0. The molecule has 7 heteroatoms. The molecule has 0 fully saturated rings. The van der Waals surface area contributed by atoms with Gasteiger partial charge < -0.3 is 24.8 Å². The highest BCUT2D eigenvalue weighted by atomic mass is 127. The van der Waals surface area contributed by atoms with Gasteiger partial charge in [-0.15, -0.1) is 0 Å². The fourth-order valence-electron chi connectivity index (χ4n) is 3.37. The van der Waals surface area contributed by atoms with Crippen molar-refractivity contribution in [3.8, 4) is 5.75 Å². The molecule has 1 amide bonds. The Kier molecular flexibility index (Phi) is 7.10. The zero-order chi connectivity index (χ0) is 21.0. The topological polar surface area (TPSA) is 71.0 Å². The molecule has 0 radical (unpaired) electrons. The van der Waals surface area contributed by atoms with E-state index in [0.29, 0.717) is 13.1 Å². The molecule has 1 aromatic rings. The number of benzene rings is 1. The number of hydrogen-bond donors (Lipinski definition) is 2. The zero-order valence-corrected chi connectivity index (χ0v) is 19.3. The van der Waals surface area contributed by atoms with Crippen LogP contribution in [0.15, 0.2) is 42.1 Å². The Morgan fingerprint density at radius 3 is 2.93 bits per heavy atom. The second-order valence-corrected chi connectivity index (χ2v) is 9.66. The molecule has 6 nitrogen and oxygen atoms in total. The summed E-state index contributed by atoms with van der Waals surface area (Å²) < 4.78 is 12.9. The number of aryl methyl sites for hydroxylation is 1. The molecular formula is C22H29IN2O4. The van der Waals surface area contributed by atoms with Gasteiger partial charge in [0, 0.05) is 10.1 Å². The van der Waals surface area contributed by atoms with Crippen molar-refractivity contribution in [1.29, 1.82) is 0 Å². The zero-order valence-electron chi connectivity index (χ0n) is 17.2. The molecular weight excluding hydrogens is 483 g/mol. The Morgan fingerprint density at radius 2 is 2.24 bits per heavy atom. The molecule has 0 aliphatic carbocycles. The van der Waals surface area contributed by atoms with Crippen molar-refractivity contribution in [3.63, 3.8) is 0 Å². The van der Waals surface area contributed by atoms with Gasteiger partial charge in [0.15, 0.2) is 0 Å². The normalized spacial score (nSPS) is 19.3. The standard InChI is InChI=1S/C22H29IN2O4/c1-22(2,3)29-21(27)25(14-19(26)16-5-4-10-24-12-16)13-18-8-6-15-11-17(23)7-9-20(15)28-18/h4-5,7,9-11,18-19,24,26H,6,8,12-14H2,1-3H3/t18-,19-/m0/s1. The predicted octanol–water partition coefficient (Wildman–Crippen LogP) is 3.63. The summed E-state index contributed by atoms with van der Waals surface area (Å²) in [5.74, 6) is 0.871. The van der Waals surface area contributed by atoms with Gasteiger partial charge in [0.2, 0.25) is 0 Å². The van der Waals surface area contributed by atoms with Gasteiger partial charge in [-0.3, -0.25) is 0 Å². The Hall–Kier alpha value is -1.74. The lowest BCUT2D eigenvalue weighted by molar-refractivity contribution is 0.00681. The van der Waals surface area contributed by atoms with Crippen molar-refractivity contribution in [3.05, 3.63) is 51.3 Å². The third-order valence-electron chi connectivity index (χ3n) is 4.78. The van der Waals surface area contributed by atoms with Gasteiger partial charge >= 0.3 is 6.09 Å². The molecule has 1 aromatic carbocycles. The van der Waals surface area contributed by atoms with Crippen LogP contribution >= 0.6 is 22.6 Å². The number of carbonyl (C=O) groups excluding carboxylic acids is 1. The minimum atomic E-state index is -0.766. The lowest BCUT2D eigenvalue weighted by Crippen LogP contribution is -2.47. The smallest absolute Gasteiger partial charge is 0.410 e. The van der Waals surface area contributed by atoms with Crippen LogP contribution in [0.25, 0.3) is 0 Å². The Labute approximate surface area is 186 Å². The van der Waals surface area contributed by atoms with Crippen LogP contribution in [0.5, 0.6) is 5.75 Å². The second kappa shape index (κ2) is 9.38. The molecule has 0 aromatic heterocycles. The maximum Gasteiger partial charge on any atom is 0.410 e. The first-order chi connectivity index (χ1) is 13.7. The number of halogens is 1. The van der Waals surface area contributed by atoms with E-state index in [1.807, 2.05) is 51.3 Å². The number of rotatable bonds is 5. The summed E-state index contributed by atoms with van der Waals surface area (Å²) in [4.78, 5) is 14.4. The van der Waals surface area contributed by atoms with E-state index in [9.17, 15) is 9.90 Å². The SMILES string of the molecule is CC(C)(C)OC(=O)N(C[C@@H]1CCc2cc(I)ccc2O1)C[C@H](O)C1=CC=CNC1. The molecule has 2 atom stereocenters. The highest BCUT2D eigenvalue weighted by Gasteiger charge is 2.30. The van der Waals surface area contributed by atoms with Crippen LogP contribution in [0, 0.1) is 3.57 Å². The minimum Gasteiger partial charge on any atom is -0.488 e. The maximum absolute atomic E-state index is 12.8. The molecule has 0 spiro atoms. The van der Waals surface area contributed by atoms with Gasteiger partial charge in [0.25, 0.3) is 0 Å². The number of fused-ring (bicyclic) bond motifs is 1.